The second-order valence-corrected chi connectivity index (χ2v) is 3.93. The molecule has 0 amide bonds. The first-order chi connectivity index (χ1) is 7.29. The Morgan fingerprint density at radius 1 is 1.40 bits per heavy atom. The van der Waals surface area contributed by atoms with Gasteiger partial charge in [-0.1, -0.05) is 31.9 Å². The van der Waals surface area contributed by atoms with Crippen LogP contribution in [0.15, 0.2) is 6.20 Å². The average Bonchev–Trinajstić information content (AvgIpc) is 2.65. The molecule has 0 saturated carbocycles. The molecule has 1 atom stereocenters. The summed E-state index contributed by atoms with van der Waals surface area (Å²) in [5.74, 6) is 0. The van der Waals surface area contributed by atoms with Gasteiger partial charge in [0.1, 0.15) is 0 Å². The van der Waals surface area contributed by atoms with Gasteiger partial charge in [-0.3, -0.25) is 4.68 Å². The molecule has 0 spiro atoms. The molecule has 1 N–H and O–H groups in total. The molecule has 1 aromatic rings. The summed E-state index contributed by atoms with van der Waals surface area (Å²) in [5, 5.41) is 11.5. The van der Waals surface area contributed by atoms with E-state index in [0.29, 0.717) is 6.04 Å². The van der Waals surface area contributed by atoms with E-state index in [9.17, 15) is 0 Å². The van der Waals surface area contributed by atoms with Crippen molar-refractivity contribution >= 4 is 0 Å². The minimum atomic E-state index is 0.407. The van der Waals surface area contributed by atoms with Crippen molar-refractivity contribution in [2.24, 2.45) is 7.05 Å². The Labute approximate surface area is 92.1 Å². The molecule has 1 unspecified atom stereocenters. The zero-order valence-corrected chi connectivity index (χ0v) is 10.0. The zero-order valence-electron chi connectivity index (χ0n) is 10.0. The third-order valence-corrected chi connectivity index (χ3v) is 2.59. The van der Waals surface area contributed by atoms with Gasteiger partial charge < -0.3 is 5.32 Å². The molecule has 1 rings (SSSR count). The molecule has 0 saturated heterocycles. The van der Waals surface area contributed by atoms with Crippen molar-refractivity contribution in [3.05, 3.63) is 11.9 Å². The molecule has 86 valence electrons. The van der Waals surface area contributed by atoms with Crippen LogP contribution in [0, 0.1) is 0 Å². The van der Waals surface area contributed by atoms with Crippen LogP contribution in [0.25, 0.3) is 0 Å². The molecule has 1 aromatic heterocycles. The first kappa shape index (κ1) is 12.2. The third-order valence-electron chi connectivity index (χ3n) is 2.59. The van der Waals surface area contributed by atoms with Crippen LogP contribution in [0.5, 0.6) is 0 Å². The van der Waals surface area contributed by atoms with Crippen LogP contribution in [0.3, 0.4) is 0 Å². The second-order valence-electron chi connectivity index (χ2n) is 3.93. The maximum absolute atomic E-state index is 3.98. The van der Waals surface area contributed by atoms with Crippen LogP contribution >= 0.6 is 0 Å². The lowest BCUT2D eigenvalue weighted by Gasteiger charge is -2.17. The monoisotopic (exact) mass is 210 g/mol. The standard InChI is InChI=1S/C11H22N4/c1-4-6-7-10(12-8-5-2)11-9-13-14-15(11)3/h9-10,12H,4-8H2,1-3H3. The topological polar surface area (TPSA) is 42.7 Å². The second kappa shape index (κ2) is 6.56. The van der Waals surface area contributed by atoms with Gasteiger partial charge in [-0.2, -0.15) is 0 Å². The molecular weight excluding hydrogens is 188 g/mol. The Bertz CT molecular complexity index is 261. The molecular formula is C11H22N4. The summed E-state index contributed by atoms with van der Waals surface area (Å²) in [6.45, 7) is 5.46. The molecule has 0 fully saturated rings. The van der Waals surface area contributed by atoms with Crippen LogP contribution in [0.4, 0.5) is 0 Å². The first-order valence-corrected chi connectivity index (χ1v) is 5.87. The van der Waals surface area contributed by atoms with Gasteiger partial charge in [-0.05, 0) is 19.4 Å². The van der Waals surface area contributed by atoms with Gasteiger partial charge in [0.25, 0.3) is 0 Å². The van der Waals surface area contributed by atoms with Gasteiger partial charge in [0, 0.05) is 7.05 Å². The Morgan fingerprint density at radius 3 is 2.73 bits per heavy atom. The van der Waals surface area contributed by atoms with Gasteiger partial charge in [-0.25, -0.2) is 0 Å². The number of unbranched alkanes of at least 4 members (excludes halogenated alkanes) is 1. The number of hydrogen-bond acceptors (Lipinski definition) is 3. The van der Waals surface area contributed by atoms with E-state index >= 15 is 0 Å². The minimum Gasteiger partial charge on any atom is -0.309 e. The number of hydrogen-bond donors (Lipinski definition) is 1. The molecule has 0 aliphatic carbocycles. The molecule has 1 heterocycles. The largest absolute Gasteiger partial charge is 0.309 e. The molecule has 0 bridgehead atoms. The predicted octanol–water partition coefficient (Wildman–Crippen LogP) is 2.05. The Kier molecular flexibility index (Phi) is 5.32. The highest BCUT2D eigenvalue weighted by atomic mass is 15.4. The Hall–Kier alpha value is -0.900. The van der Waals surface area contributed by atoms with Gasteiger partial charge in [0.15, 0.2) is 0 Å². The molecule has 15 heavy (non-hydrogen) atoms. The van der Waals surface area contributed by atoms with Crippen LogP contribution < -0.4 is 5.32 Å². The van der Waals surface area contributed by atoms with E-state index in [-0.39, 0.29) is 0 Å². The summed E-state index contributed by atoms with van der Waals surface area (Å²) in [7, 11) is 1.95. The Morgan fingerprint density at radius 2 is 2.20 bits per heavy atom. The number of nitrogens with zero attached hydrogens (tertiary/aromatic N) is 3. The highest BCUT2D eigenvalue weighted by Gasteiger charge is 2.13. The molecule has 0 aliphatic rings. The van der Waals surface area contributed by atoms with E-state index in [1.807, 2.05) is 17.9 Å². The lowest BCUT2D eigenvalue weighted by Crippen LogP contribution is -2.24. The van der Waals surface area contributed by atoms with Crippen molar-refractivity contribution in [1.29, 1.82) is 0 Å². The van der Waals surface area contributed by atoms with Crippen molar-refractivity contribution in [2.75, 3.05) is 6.54 Å². The molecule has 0 aromatic carbocycles. The first-order valence-electron chi connectivity index (χ1n) is 5.87. The summed E-state index contributed by atoms with van der Waals surface area (Å²) in [6, 6.07) is 0.407. The zero-order chi connectivity index (χ0) is 11.1. The summed E-state index contributed by atoms with van der Waals surface area (Å²) < 4.78 is 1.86. The maximum atomic E-state index is 3.98. The number of aromatic nitrogens is 3. The van der Waals surface area contributed by atoms with E-state index in [1.165, 1.54) is 18.5 Å². The number of rotatable bonds is 7. The van der Waals surface area contributed by atoms with Crippen molar-refractivity contribution in [3.63, 3.8) is 0 Å². The number of aryl methyl sites for hydroxylation is 1. The van der Waals surface area contributed by atoms with E-state index in [4.69, 9.17) is 0 Å². The highest BCUT2D eigenvalue weighted by Crippen LogP contribution is 2.17. The fraction of sp³-hybridized carbons (Fsp3) is 0.818. The lowest BCUT2D eigenvalue weighted by atomic mass is 10.1. The smallest absolute Gasteiger partial charge is 0.0753 e. The maximum Gasteiger partial charge on any atom is 0.0753 e. The molecule has 0 aliphatic heterocycles. The van der Waals surface area contributed by atoms with Crippen LogP contribution in [0.2, 0.25) is 0 Å². The Balaban J connectivity index is 2.58. The quantitative estimate of drug-likeness (QED) is 0.749. The number of nitrogens with one attached hydrogen (secondary N) is 1. The van der Waals surface area contributed by atoms with E-state index < -0.39 is 0 Å². The van der Waals surface area contributed by atoms with E-state index in [1.54, 1.807) is 0 Å². The van der Waals surface area contributed by atoms with Crippen molar-refractivity contribution in [3.8, 4) is 0 Å². The fourth-order valence-corrected chi connectivity index (χ4v) is 1.69. The van der Waals surface area contributed by atoms with Gasteiger partial charge in [0.2, 0.25) is 0 Å². The van der Waals surface area contributed by atoms with Crippen molar-refractivity contribution in [1.82, 2.24) is 20.3 Å². The van der Waals surface area contributed by atoms with Gasteiger partial charge in [0.05, 0.1) is 17.9 Å². The summed E-state index contributed by atoms with van der Waals surface area (Å²) in [6.07, 6.45) is 6.66. The van der Waals surface area contributed by atoms with E-state index in [2.05, 4.69) is 29.5 Å². The predicted molar refractivity (Wildman–Crippen MR) is 61.6 cm³/mol. The molecule has 4 nitrogen and oxygen atoms in total. The summed E-state index contributed by atoms with van der Waals surface area (Å²) in [4.78, 5) is 0. The van der Waals surface area contributed by atoms with Gasteiger partial charge >= 0.3 is 0 Å². The summed E-state index contributed by atoms with van der Waals surface area (Å²) in [5.41, 5.74) is 1.19. The van der Waals surface area contributed by atoms with Crippen molar-refractivity contribution in [2.45, 2.75) is 45.6 Å². The summed E-state index contributed by atoms with van der Waals surface area (Å²) >= 11 is 0. The van der Waals surface area contributed by atoms with Crippen LogP contribution in [-0.4, -0.2) is 21.5 Å². The lowest BCUT2D eigenvalue weighted by molar-refractivity contribution is 0.453. The normalized spacial score (nSPS) is 13.0. The molecule has 4 heteroatoms. The minimum absolute atomic E-state index is 0.407. The van der Waals surface area contributed by atoms with E-state index in [0.717, 1.165) is 19.4 Å². The fourth-order valence-electron chi connectivity index (χ4n) is 1.69. The average molecular weight is 210 g/mol. The van der Waals surface area contributed by atoms with Crippen LogP contribution in [-0.2, 0) is 7.05 Å². The van der Waals surface area contributed by atoms with Crippen molar-refractivity contribution < 1.29 is 0 Å². The molecule has 0 radical (unpaired) electrons. The van der Waals surface area contributed by atoms with Crippen LogP contribution in [0.1, 0.15) is 51.3 Å². The van der Waals surface area contributed by atoms with Gasteiger partial charge in [-0.15, -0.1) is 5.10 Å². The SMILES string of the molecule is CCCCC(NCCC)c1cnnn1C. The third kappa shape index (κ3) is 3.63. The highest BCUT2D eigenvalue weighted by molar-refractivity contribution is 5.01.